The number of fused-ring (bicyclic) bond motifs is 4. The van der Waals surface area contributed by atoms with Crippen molar-refractivity contribution >= 4 is 28.1 Å². The smallest absolute Gasteiger partial charge is 0.246 e. The Kier molecular flexibility index (Phi) is 2.89. The van der Waals surface area contributed by atoms with Gasteiger partial charge in [0.1, 0.15) is 0 Å². The zero-order valence-electron chi connectivity index (χ0n) is 13.4. The predicted molar refractivity (Wildman–Crippen MR) is 97.2 cm³/mol. The monoisotopic (exact) mass is 314 g/mol. The van der Waals surface area contributed by atoms with Gasteiger partial charge in [-0.05, 0) is 35.4 Å². The van der Waals surface area contributed by atoms with Crippen LogP contribution in [0.1, 0.15) is 17.5 Å². The first-order valence-electron chi connectivity index (χ1n) is 8.52. The van der Waals surface area contributed by atoms with Crippen LogP contribution in [0.4, 0.5) is 11.4 Å². The number of aryl methyl sites for hydroxylation is 1. The Morgan fingerprint density at radius 2 is 1.58 bits per heavy atom. The number of para-hydroxylation sites is 1. The number of carbonyl (C=O) groups excluding carboxylic acids is 1. The van der Waals surface area contributed by atoms with Crippen molar-refractivity contribution in [3.8, 4) is 0 Å². The fourth-order valence-corrected chi connectivity index (χ4v) is 4.02. The standard InChI is InChI=1S/C21H18N2O/c24-20-12-11-16-6-2-4-8-19(16)23(20)22-14-13-17-10-9-15-5-1-3-7-18(15)21(17)22/h1-10H,11-14H2. The summed E-state index contributed by atoms with van der Waals surface area (Å²) in [6.45, 7) is 0.851. The van der Waals surface area contributed by atoms with Crippen LogP contribution >= 0.6 is 0 Å². The minimum Gasteiger partial charge on any atom is -0.277 e. The molecule has 2 aliphatic rings. The zero-order valence-corrected chi connectivity index (χ0v) is 13.4. The van der Waals surface area contributed by atoms with Crippen molar-refractivity contribution in [2.75, 3.05) is 16.6 Å². The van der Waals surface area contributed by atoms with Gasteiger partial charge in [-0.2, -0.15) is 0 Å². The summed E-state index contributed by atoms with van der Waals surface area (Å²) in [5.41, 5.74) is 4.81. The molecule has 0 aromatic heterocycles. The fourth-order valence-electron chi connectivity index (χ4n) is 4.02. The Balaban J connectivity index is 1.71. The van der Waals surface area contributed by atoms with Gasteiger partial charge in [0.05, 0.1) is 11.4 Å². The maximum absolute atomic E-state index is 12.8. The molecule has 0 unspecified atom stereocenters. The minimum atomic E-state index is 0.189. The second-order valence-electron chi connectivity index (χ2n) is 6.50. The molecule has 0 fully saturated rings. The van der Waals surface area contributed by atoms with E-state index < -0.39 is 0 Å². The maximum Gasteiger partial charge on any atom is 0.246 e. The average Bonchev–Trinajstić information content (AvgIpc) is 3.06. The highest BCUT2D eigenvalue weighted by Crippen LogP contribution is 2.40. The molecular formula is C21H18N2O. The topological polar surface area (TPSA) is 23.6 Å². The van der Waals surface area contributed by atoms with Gasteiger partial charge in [0.25, 0.3) is 0 Å². The molecule has 3 aromatic rings. The molecule has 0 bridgehead atoms. The van der Waals surface area contributed by atoms with E-state index in [0.29, 0.717) is 6.42 Å². The summed E-state index contributed by atoms with van der Waals surface area (Å²) in [6, 6.07) is 21.1. The van der Waals surface area contributed by atoms with E-state index in [1.807, 2.05) is 11.1 Å². The van der Waals surface area contributed by atoms with Gasteiger partial charge in [0, 0.05) is 18.4 Å². The summed E-state index contributed by atoms with van der Waals surface area (Å²) in [5.74, 6) is 0.189. The quantitative estimate of drug-likeness (QED) is 0.675. The van der Waals surface area contributed by atoms with Crippen molar-refractivity contribution in [2.24, 2.45) is 0 Å². The van der Waals surface area contributed by atoms with Crippen LogP contribution in [-0.2, 0) is 17.6 Å². The molecule has 2 heterocycles. The third-order valence-electron chi connectivity index (χ3n) is 5.14. The lowest BCUT2D eigenvalue weighted by atomic mass is 10.0. The van der Waals surface area contributed by atoms with Crippen LogP contribution in [0.25, 0.3) is 10.8 Å². The van der Waals surface area contributed by atoms with E-state index in [1.54, 1.807) is 0 Å². The third kappa shape index (κ3) is 1.88. The predicted octanol–water partition coefficient (Wildman–Crippen LogP) is 4.10. The molecule has 0 spiro atoms. The minimum absolute atomic E-state index is 0.189. The molecule has 0 radical (unpaired) electrons. The van der Waals surface area contributed by atoms with Gasteiger partial charge in [0.15, 0.2) is 0 Å². The lowest BCUT2D eigenvalue weighted by molar-refractivity contribution is -0.119. The first kappa shape index (κ1) is 13.6. The molecule has 0 atom stereocenters. The van der Waals surface area contributed by atoms with Gasteiger partial charge in [-0.15, -0.1) is 0 Å². The number of amides is 1. The second kappa shape index (κ2) is 5.10. The van der Waals surface area contributed by atoms with Gasteiger partial charge in [-0.25, -0.2) is 5.01 Å². The summed E-state index contributed by atoms with van der Waals surface area (Å²) < 4.78 is 0. The number of carbonyl (C=O) groups is 1. The van der Waals surface area contributed by atoms with E-state index in [2.05, 4.69) is 59.6 Å². The highest BCUT2D eigenvalue weighted by molar-refractivity contribution is 6.04. The molecule has 3 aromatic carbocycles. The van der Waals surface area contributed by atoms with Crippen LogP contribution in [0.15, 0.2) is 60.7 Å². The van der Waals surface area contributed by atoms with E-state index in [9.17, 15) is 4.79 Å². The average molecular weight is 314 g/mol. The van der Waals surface area contributed by atoms with Crippen molar-refractivity contribution in [2.45, 2.75) is 19.3 Å². The highest BCUT2D eigenvalue weighted by atomic mass is 16.2. The van der Waals surface area contributed by atoms with E-state index >= 15 is 0 Å². The third-order valence-corrected chi connectivity index (χ3v) is 5.14. The summed E-state index contributed by atoms with van der Waals surface area (Å²) in [5, 5.41) is 6.55. The van der Waals surface area contributed by atoms with Gasteiger partial charge >= 0.3 is 0 Å². The Bertz CT molecular complexity index is 963. The lowest BCUT2D eigenvalue weighted by Gasteiger charge is -2.38. The number of hydrogen-bond donors (Lipinski definition) is 0. The van der Waals surface area contributed by atoms with Gasteiger partial charge in [-0.3, -0.25) is 9.80 Å². The molecule has 2 aliphatic heterocycles. The number of nitrogens with zero attached hydrogens (tertiary/aromatic N) is 2. The molecule has 3 nitrogen and oxygen atoms in total. The Hall–Kier alpha value is -2.81. The zero-order chi connectivity index (χ0) is 16.1. The Labute approximate surface area is 141 Å². The van der Waals surface area contributed by atoms with Crippen LogP contribution in [-0.4, -0.2) is 12.5 Å². The molecule has 1 amide bonds. The normalized spacial score (nSPS) is 16.4. The molecule has 0 N–H and O–H groups in total. The van der Waals surface area contributed by atoms with Crippen LogP contribution in [0, 0.1) is 0 Å². The number of anilines is 2. The van der Waals surface area contributed by atoms with Gasteiger partial charge in [0.2, 0.25) is 5.91 Å². The van der Waals surface area contributed by atoms with Crippen LogP contribution in [0.3, 0.4) is 0 Å². The van der Waals surface area contributed by atoms with Crippen molar-refractivity contribution < 1.29 is 4.79 Å². The Morgan fingerprint density at radius 3 is 2.54 bits per heavy atom. The molecule has 5 rings (SSSR count). The van der Waals surface area contributed by atoms with Gasteiger partial charge < -0.3 is 0 Å². The number of hydrazine groups is 1. The molecule has 3 heteroatoms. The Morgan fingerprint density at radius 1 is 0.750 bits per heavy atom. The molecular weight excluding hydrogens is 296 g/mol. The number of rotatable bonds is 1. The van der Waals surface area contributed by atoms with Crippen LogP contribution in [0.2, 0.25) is 0 Å². The number of benzene rings is 3. The molecule has 24 heavy (non-hydrogen) atoms. The first-order chi connectivity index (χ1) is 11.8. The van der Waals surface area contributed by atoms with E-state index in [-0.39, 0.29) is 5.91 Å². The molecule has 0 saturated carbocycles. The van der Waals surface area contributed by atoms with E-state index in [4.69, 9.17) is 0 Å². The van der Waals surface area contributed by atoms with Crippen molar-refractivity contribution in [1.29, 1.82) is 0 Å². The lowest BCUT2D eigenvalue weighted by Crippen LogP contribution is -2.48. The summed E-state index contributed by atoms with van der Waals surface area (Å²) in [4.78, 5) is 12.8. The van der Waals surface area contributed by atoms with Crippen molar-refractivity contribution in [3.05, 3.63) is 71.8 Å². The first-order valence-corrected chi connectivity index (χ1v) is 8.52. The van der Waals surface area contributed by atoms with Gasteiger partial charge in [-0.1, -0.05) is 54.6 Å². The molecule has 0 aliphatic carbocycles. The van der Waals surface area contributed by atoms with Crippen molar-refractivity contribution in [1.82, 2.24) is 0 Å². The highest BCUT2D eigenvalue weighted by Gasteiger charge is 2.33. The maximum atomic E-state index is 12.8. The fraction of sp³-hybridized carbons (Fsp3) is 0.190. The number of hydrogen-bond acceptors (Lipinski definition) is 2. The molecule has 118 valence electrons. The summed E-state index contributed by atoms with van der Waals surface area (Å²) >= 11 is 0. The van der Waals surface area contributed by atoms with E-state index in [1.165, 1.54) is 27.6 Å². The van der Waals surface area contributed by atoms with Crippen LogP contribution < -0.4 is 10.0 Å². The summed E-state index contributed by atoms with van der Waals surface area (Å²) in [7, 11) is 0. The SMILES string of the molecule is O=C1CCc2ccccc2N1N1CCc2ccc3ccccc3c21. The van der Waals surface area contributed by atoms with Crippen molar-refractivity contribution in [3.63, 3.8) is 0 Å². The molecule has 0 saturated heterocycles. The summed E-state index contributed by atoms with van der Waals surface area (Å²) in [6.07, 6.45) is 2.39. The van der Waals surface area contributed by atoms with E-state index in [0.717, 1.165) is 25.1 Å². The largest absolute Gasteiger partial charge is 0.277 e. The van der Waals surface area contributed by atoms with Crippen LogP contribution in [0.5, 0.6) is 0 Å². The second-order valence-corrected chi connectivity index (χ2v) is 6.50.